The first-order valence-corrected chi connectivity index (χ1v) is 7.95. The molecule has 0 saturated carbocycles. The fraction of sp³-hybridized carbons (Fsp3) is 0.562. The van der Waals surface area contributed by atoms with Crippen LogP contribution >= 0.6 is 11.6 Å². The summed E-state index contributed by atoms with van der Waals surface area (Å²) in [4.78, 5) is 16.1. The van der Waals surface area contributed by atoms with Gasteiger partial charge >= 0.3 is 5.97 Å². The summed E-state index contributed by atoms with van der Waals surface area (Å²) >= 11 is 6.04. The number of ether oxygens (including phenoxy) is 1. The summed E-state index contributed by atoms with van der Waals surface area (Å²) < 4.78 is 4.94. The van der Waals surface area contributed by atoms with Crippen molar-refractivity contribution < 1.29 is 9.53 Å². The van der Waals surface area contributed by atoms with Gasteiger partial charge in [-0.05, 0) is 38.1 Å². The monoisotopic (exact) mass is 310 g/mol. The minimum Gasteiger partial charge on any atom is -0.466 e. The van der Waals surface area contributed by atoms with E-state index in [-0.39, 0.29) is 5.97 Å². The first kappa shape index (κ1) is 16.1. The third-order valence-corrected chi connectivity index (χ3v) is 3.94. The van der Waals surface area contributed by atoms with Crippen molar-refractivity contribution >= 4 is 23.3 Å². The third kappa shape index (κ3) is 5.21. The van der Waals surface area contributed by atoms with Crippen LogP contribution < -0.4 is 4.90 Å². The zero-order valence-corrected chi connectivity index (χ0v) is 13.3. The predicted octanol–water partition coefficient (Wildman–Crippen LogP) is 2.81. The Morgan fingerprint density at radius 2 is 2.05 bits per heavy atom. The zero-order chi connectivity index (χ0) is 15.1. The van der Waals surface area contributed by atoms with Crippen molar-refractivity contribution in [2.24, 2.45) is 0 Å². The Kier molecular flexibility index (Phi) is 6.33. The number of benzene rings is 1. The topological polar surface area (TPSA) is 32.8 Å². The van der Waals surface area contributed by atoms with Gasteiger partial charge in [-0.15, -0.1) is 0 Å². The lowest BCUT2D eigenvalue weighted by Crippen LogP contribution is -2.46. The van der Waals surface area contributed by atoms with Crippen LogP contribution in [0, 0.1) is 0 Å². The number of nitrogens with zero attached hydrogens (tertiary/aromatic N) is 2. The summed E-state index contributed by atoms with van der Waals surface area (Å²) in [5.41, 5.74) is 1.19. The summed E-state index contributed by atoms with van der Waals surface area (Å²) in [7, 11) is 0. The molecule has 0 atom stereocenters. The second-order valence-electron chi connectivity index (χ2n) is 5.22. The van der Waals surface area contributed by atoms with Crippen LogP contribution in [0.5, 0.6) is 0 Å². The summed E-state index contributed by atoms with van der Waals surface area (Å²) in [6.45, 7) is 7.32. The van der Waals surface area contributed by atoms with E-state index in [0.717, 1.165) is 44.2 Å². The second kappa shape index (κ2) is 8.25. The number of hydrogen-bond donors (Lipinski definition) is 0. The molecule has 1 aliphatic heterocycles. The lowest BCUT2D eigenvalue weighted by Gasteiger charge is -2.36. The van der Waals surface area contributed by atoms with Gasteiger partial charge in [0.2, 0.25) is 0 Å². The van der Waals surface area contributed by atoms with Crippen LogP contribution in [0.25, 0.3) is 0 Å². The van der Waals surface area contributed by atoms with E-state index in [1.807, 2.05) is 25.1 Å². The van der Waals surface area contributed by atoms with Gasteiger partial charge < -0.3 is 9.64 Å². The van der Waals surface area contributed by atoms with Crippen LogP contribution in [0.3, 0.4) is 0 Å². The molecule has 1 fully saturated rings. The summed E-state index contributed by atoms with van der Waals surface area (Å²) in [6, 6.07) is 8.00. The molecule has 0 aliphatic carbocycles. The van der Waals surface area contributed by atoms with E-state index in [0.29, 0.717) is 13.0 Å². The molecule has 2 rings (SSSR count). The minimum absolute atomic E-state index is 0.0879. The number of carbonyl (C=O) groups excluding carboxylic acids is 1. The molecule has 0 aromatic heterocycles. The molecule has 21 heavy (non-hydrogen) atoms. The van der Waals surface area contributed by atoms with Gasteiger partial charge in [0, 0.05) is 43.3 Å². The molecule has 1 heterocycles. The summed E-state index contributed by atoms with van der Waals surface area (Å²) in [5, 5.41) is 0.782. The van der Waals surface area contributed by atoms with Crippen LogP contribution in [-0.2, 0) is 9.53 Å². The average Bonchev–Trinajstić information content (AvgIpc) is 2.48. The van der Waals surface area contributed by atoms with Crippen LogP contribution in [0.2, 0.25) is 5.02 Å². The lowest BCUT2D eigenvalue weighted by atomic mass is 10.2. The predicted molar refractivity (Wildman–Crippen MR) is 86.0 cm³/mol. The maximum Gasteiger partial charge on any atom is 0.305 e. The molecule has 1 aliphatic rings. The van der Waals surface area contributed by atoms with Crippen LogP contribution in [0.1, 0.15) is 19.8 Å². The highest BCUT2D eigenvalue weighted by atomic mass is 35.5. The van der Waals surface area contributed by atoms with Gasteiger partial charge in [0.15, 0.2) is 0 Å². The van der Waals surface area contributed by atoms with E-state index >= 15 is 0 Å². The number of hydrogen-bond acceptors (Lipinski definition) is 4. The first-order chi connectivity index (χ1) is 10.2. The lowest BCUT2D eigenvalue weighted by molar-refractivity contribution is -0.143. The minimum atomic E-state index is -0.0879. The van der Waals surface area contributed by atoms with E-state index in [1.165, 1.54) is 5.69 Å². The molecule has 0 radical (unpaired) electrons. The highest BCUT2D eigenvalue weighted by Gasteiger charge is 2.17. The van der Waals surface area contributed by atoms with Gasteiger partial charge in [-0.3, -0.25) is 9.69 Å². The molecule has 0 spiro atoms. The molecule has 116 valence electrons. The Morgan fingerprint density at radius 3 is 2.71 bits per heavy atom. The van der Waals surface area contributed by atoms with Gasteiger partial charge in [0.25, 0.3) is 0 Å². The largest absolute Gasteiger partial charge is 0.466 e. The maximum absolute atomic E-state index is 11.3. The Labute approximate surface area is 131 Å². The van der Waals surface area contributed by atoms with Gasteiger partial charge in [-0.25, -0.2) is 0 Å². The van der Waals surface area contributed by atoms with Crippen molar-refractivity contribution in [1.82, 2.24) is 4.90 Å². The number of anilines is 1. The highest BCUT2D eigenvalue weighted by molar-refractivity contribution is 6.30. The van der Waals surface area contributed by atoms with E-state index in [1.54, 1.807) is 0 Å². The van der Waals surface area contributed by atoms with Crippen LogP contribution in [0.4, 0.5) is 5.69 Å². The van der Waals surface area contributed by atoms with Gasteiger partial charge in [-0.2, -0.15) is 0 Å². The highest BCUT2D eigenvalue weighted by Crippen LogP contribution is 2.20. The molecule has 0 N–H and O–H groups in total. The quantitative estimate of drug-likeness (QED) is 0.756. The van der Waals surface area contributed by atoms with E-state index < -0.39 is 0 Å². The van der Waals surface area contributed by atoms with E-state index in [4.69, 9.17) is 16.3 Å². The molecule has 1 saturated heterocycles. The molecule has 0 unspecified atom stereocenters. The normalized spacial score (nSPS) is 16.0. The van der Waals surface area contributed by atoms with Gasteiger partial charge in [-0.1, -0.05) is 17.7 Å². The zero-order valence-electron chi connectivity index (χ0n) is 12.6. The molecule has 5 heteroatoms. The van der Waals surface area contributed by atoms with Crippen molar-refractivity contribution in [3.8, 4) is 0 Å². The number of esters is 1. The number of rotatable bonds is 6. The Bertz CT molecular complexity index is 459. The van der Waals surface area contributed by atoms with Crippen molar-refractivity contribution in [3.63, 3.8) is 0 Å². The molecular formula is C16H23ClN2O2. The smallest absolute Gasteiger partial charge is 0.305 e. The van der Waals surface area contributed by atoms with Gasteiger partial charge in [0.05, 0.1) is 6.61 Å². The molecule has 1 aromatic rings. The summed E-state index contributed by atoms with van der Waals surface area (Å²) in [6.07, 6.45) is 1.39. The second-order valence-corrected chi connectivity index (χ2v) is 5.65. The Balaban J connectivity index is 1.70. The van der Waals surface area contributed by atoms with Crippen molar-refractivity contribution in [2.75, 3.05) is 44.2 Å². The Morgan fingerprint density at radius 1 is 1.29 bits per heavy atom. The molecule has 0 amide bonds. The summed E-state index contributed by atoms with van der Waals surface area (Å²) in [5.74, 6) is -0.0879. The fourth-order valence-corrected chi connectivity index (χ4v) is 2.77. The van der Waals surface area contributed by atoms with Crippen molar-refractivity contribution in [2.45, 2.75) is 19.8 Å². The SMILES string of the molecule is CCOC(=O)CCCN1CCN(c2cccc(Cl)c2)CC1. The number of carbonyl (C=O) groups is 1. The maximum atomic E-state index is 11.3. The first-order valence-electron chi connectivity index (χ1n) is 7.57. The van der Waals surface area contributed by atoms with Crippen LogP contribution in [0.15, 0.2) is 24.3 Å². The van der Waals surface area contributed by atoms with Crippen LogP contribution in [-0.4, -0.2) is 50.2 Å². The fourth-order valence-electron chi connectivity index (χ4n) is 2.58. The molecule has 1 aromatic carbocycles. The van der Waals surface area contributed by atoms with Crippen molar-refractivity contribution in [1.29, 1.82) is 0 Å². The van der Waals surface area contributed by atoms with E-state index in [2.05, 4.69) is 15.9 Å². The third-order valence-electron chi connectivity index (χ3n) is 3.71. The van der Waals surface area contributed by atoms with E-state index in [9.17, 15) is 4.79 Å². The number of halogens is 1. The van der Waals surface area contributed by atoms with Gasteiger partial charge in [0.1, 0.15) is 0 Å². The molecule has 4 nitrogen and oxygen atoms in total. The standard InChI is InChI=1S/C16H23ClN2O2/c1-2-21-16(20)7-4-8-18-9-11-19(12-10-18)15-6-3-5-14(17)13-15/h3,5-6,13H,2,4,7-12H2,1H3. The van der Waals surface area contributed by atoms with Crippen molar-refractivity contribution in [3.05, 3.63) is 29.3 Å². The Hall–Kier alpha value is -1.26. The molecular weight excluding hydrogens is 288 g/mol. The molecule has 0 bridgehead atoms. The average molecular weight is 311 g/mol. The number of piperazine rings is 1.